The summed E-state index contributed by atoms with van der Waals surface area (Å²) in [6, 6.07) is 4.57. The maximum Gasteiger partial charge on any atom is 0.230 e. The highest BCUT2D eigenvalue weighted by Gasteiger charge is 2.45. The number of carbonyl (C=O) groups excluding carboxylic acids is 2. The Labute approximate surface area is 131 Å². The van der Waals surface area contributed by atoms with Crippen LogP contribution in [0.25, 0.3) is 0 Å². The molecule has 0 bridgehead atoms. The van der Waals surface area contributed by atoms with Crippen molar-refractivity contribution in [2.45, 2.75) is 45.1 Å². The molecule has 0 N–H and O–H groups in total. The van der Waals surface area contributed by atoms with Crippen LogP contribution in [0.3, 0.4) is 0 Å². The monoisotopic (exact) mass is 353 g/mol. The van der Waals surface area contributed by atoms with E-state index in [0.29, 0.717) is 18.4 Å². The van der Waals surface area contributed by atoms with Gasteiger partial charge in [0.25, 0.3) is 0 Å². The van der Waals surface area contributed by atoms with Crippen LogP contribution in [-0.2, 0) is 16.1 Å². The summed E-state index contributed by atoms with van der Waals surface area (Å²) in [5, 5.41) is 0. The van der Waals surface area contributed by atoms with E-state index in [2.05, 4.69) is 15.9 Å². The molecule has 1 saturated heterocycles. The first-order valence-corrected chi connectivity index (χ1v) is 8.06. The van der Waals surface area contributed by atoms with Crippen LogP contribution in [-0.4, -0.2) is 16.7 Å². The highest BCUT2D eigenvalue weighted by atomic mass is 79.9. The first-order valence-electron chi connectivity index (χ1n) is 7.26. The smallest absolute Gasteiger partial charge is 0.230 e. The lowest BCUT2D eigenvalue weighted by Gasteiger charge is -2.37. The predicted octanol–water partition coefficient (Wildman–Crippen LogP) is 3.80. The first kappa shape index (κ1) is 14.7. The lowest BCUT2D eigenvalue weighted by molar-refractivity contribution is -0.154. The average Bonchev–Trinajstić information content (AvgIpc) is 2.85. The maximum atomic E-state index is 13.8. The second-order valence-electron chi connectivity index (χ2n) is 6.17. The molecule has 1 aliphatic carbocycles. The van der Waals surface area contributed by atoms with Crippen molar-refractivity contribution in [3.63, 3.8) is 0 Å². The Hall–Kier alpha value is -1.23. The normalized spacial score (nSPS) is 21.3. The van der Waals surface area contributed by atoms with Gasteiger partial charge in [0.05, 0.1) is 6.54 Å². The summed E-state index contributed by atoms with van der Waals surface area (Å²) in [5.41, 5.74) is 0.258. The number of hydrogen-bond donors (Lipinski definition) is 0. The lowest BCUT2D eigenvalue weighted by atomic mass is 9.76. The highest BCUT2D eigenvalue weighted by Crippen LogP contribution is 2.47. The molecule has 1 aromatic rings. The number of imide groups is 1. The van der Waals surface area contributed by atoms with E-state index >= 15 is 0 Å². The molecular weight excluding hydrogens is 337 g/mol. The predicted molar refractivity (Wildman–Crippen MR) is 79.8 cm³/mol. The van der Waals surface area contributed by atoms with Crippen LogP contribution in [0.15, 0.2) is 22.7 Å². The fourth-order valence-corrected chi connectivity index (χ4v) is 3.93. The largest absolute Gasteiger partial charge is 0.278 e. The first-order chi connectivity index (χ1) is 9.99. The Balaban J connectivity index is 1.79. The number of amides is 2. The van der Waals surface area contributed by atoms with Crippen LogP contribution in [0.2, 0.25) is 0 Å². The summed E-state index contributed by atoms with van der Waals surface area (Å²) >= 11 is 3.29. The molecule has 5 heteroatoms. The zero-order valence-corrected chi connectivity index (χ0v) is 13.3. The van der Waals surface area contributed by atoms with Gasteiger partial charge < -0.3 is 0 Å². The van der Waals surface area contributed by atoms with Gasteiger partial charge in [-0.05, 0) is 36.5 Å². The van der Waals surface area contributed by atoms with Crippen molar-refractivity contribution in [2.75, 3.05) is 0 Å². The summed E-state index contributed by atoms with van der Waals surface area (Å²) in [6.07, 6.45) is 4.97. The van der Waals surface area contributed by atoms with Gasteiger partial charge in [-0.25, -0.2) is 4.39 Å². The van der Waals surface area contributed by atoms with E-state index in [1.165, 1.54) is 11.0 Å². The lowest BCUT2D eigenvalue weighted by Crippen LogP contribution is -2.46. The molecule has 0 unspecified atom stereocenters. The second kappa shape index (κ2) is 5.52. The Morgan fingerprint density at radius 2 is 1.76 bits per heavy atom. The van der Waals surface area contributed by atoms with E-state index in [1.807, 2.05) is 0 Å². The average molecular weight is 354 g/mol. The summed E-state index contributed by atoms with van der Waals surface area (Å²) < 4.78 is 14.5. The molecule has 1 heterocycles. The molecule has 112 valence electrons. The summed E-state index contributed by atoms with van der Waals surface area (Å²) in [5.74, 6) is -0.708. The Morgan fingerprint density at radius 1 is 1.14 bits per heavy atom. The molecule has 3 rings (SSSR count). The maximum absolute atomic E-state index is 13.8. The van der Waals surface area contributed by atoms with Gasteiger partial charge in [-0.3, -0.25) is 14.5 Å². The zero-order valence-electron chi connectivity index (χ0n) is 11.7. The van der Waals surface area contributed by atoms with Gasteiger partial charge in [-0.2, -0.15) is 0 Å². The van der Waals surface area contributed by atoms with Gasteiger partial charge in [-0.1, -0.05) is 28.8 Å². The number of nitrogens with zero attached hydrogens (tertiary/aromatic N) is 1. The molecule has 1 aromatic carbocycles. The van der Waals surface area contributed by atoms with E-state index in [0.717, 1.165) is 30.2 Å². The molecule has 2 aliphatic rings. The van der Waals surface area contributed by atoms with Crippen LogP contribution in [0, 0.1) is 11.2 Å². The van der Waals surface area contributed by atoms with E-state index in [1.54, 1.807) is 12.1 Å². The Morgan fingerprint density at radius 3 is 2.38 bits per heavy atom. The van der Waals surface area contributed by atoms with E-state index < -0.39 is 0 Å². The molecule has 0 radical (unpaired) electrons. The zero-order chi connectivity index (χ0) is 15.0. The minimum Gasteiger partial charge on any atom is -0.278 e. The van der Waals surface area contributed by atoms with Gasteiger partial charge in [0, 0.05) is 22.9 Å². The van der Waals surface area contributed by atoms with E-state index in [9.17, 15) is 14.0 Å². The van der Waals surface area contributed by atoms with Gasteiger partial charge in [0.1, 0.15) is 5.82 Å². The van der Waals surface area contributed by atoms with Crippen molar-refractivity contribution in [1.29, 1.82) is 0 Å². The summed E-state index contributed by atoms with van der Waals surface area (Å²) in [6.45, 7) is 0.0268. The quantitative estimate of drug-likeness (QED) is 0.758. The van der Waals surface area contributed by atoms with Crippen molar-refractivity contribution >= 4 is 27.7 Å². The van der Waals surface area contributed by atoms with Gasteiger partial charge in [-0.15, -0.1) is 0 Å². The fraction of sp³-hybridized carbons (Fsp3) is 0.500. The van der Waals surface area contributed by atoms with Gasteiger partial charge in [0.2, 0.25) is 11.8 Å². The van der Waals surface area contributed by atoms with E-state index in [-0.39, 0.29) is 29.6 Å². The number of benzene rings is 1. The fourth-order valence-electron chi connectivity index (χ4n) is 3.52. The number of piperidine rings is 1. The van der Waals surface area contributed by atoms with Gasteiger partial charge >= 0.3 is 0 Å². The van der Waals surface area contributed by atoms with Crippen LogP contribution < -0.4 is 0 Å². The number of likely N-dealkylation sites (tertiary alicyclic amines) is 1. The van der Waals surface area contributed by atoms with E-state index in [4.69, 9.17) is 0 Å². The van der Waals surface area contributed by atoms with Gasteiger partial charge in [0.15, 0.2) is 0 Å². The second-order valence-corrected chi connectivity index (χ2v) is 7.09. The SMILES string of the molecule is O=C1CC2(CCCC2)CC(=O)N1Cc1cc(Br)ccc1F. The molecule has 0 atom stereocenters. The third-order valence-electron chi connectivity index (χ3n) is 4.65. The molecule has 1 spiro atoms. The Bertz CT molecular complexity index is 576. The summed E-state index contributed by atoms with van der Waals surface area (Å²) in [4.78, 5) is 25.9. The molecule has 3 nitrogen and oxygen atoms in total. The van der Waals surface area contributed by atoms with Crippen molar-refractivity contribution in [3.8, 4) is 0 Å². The molecule has 2 amide bonds. The molecule has 2 fully saturated rings. The standard InChI is InChI=1S/C16H17BrFNO2/c17-12-3-4-13(18)11(7-12)10-19-14(20)8-16(9-15(19)21)5-1-2-6-16/h3-4,7H,1-2,5-6,8-10H2. The molecule has 0 aromatic heterocycles. The Kier molecular flexibility index (Phi) is 3.86. The van der Waals surface area contributed by atoms with Crippen molar-refractivity contribution in [1.82, 2.24) is 4.90 Å². The minimum atomic E-state index is -0.389. The van der Waals surface area contributed by atoms with Crippen LogP contribution >= 0.6 is 15.9 Å². The molecular formula is C16H17BrFNO2. The third kappa shape index (κ3) is 2.89. The van der Waals surface area contributed by atoms with Crippen molar-refractivity contribution in [2.24, 2.45) is 5.41 Å². The van der Waals surface area contributed by atoms with Crippen molar-refractivity contribution < 1.29 is 14.0 Å². The molecule has 1 aliphatic heterocycles. The van der Waals surface area contributed by atoms with Crippen LogP contribution in [0.5, 0.6) is 0 Å². The van der Waals surface area contributed by atoms with Crippen LogP contribution in [0.4, 0.5) is 4.39 Å². The number of halogens is 2. The number of carbonyl (C=O) groups is 2. The minimum absolute atomic E-state index is 0.0268. The van der Waals surface area contributed by atoms with Crippen molar-refractivity contribution in [3.05, 3.63) is 34.1 Å². The topological polar surface area (TPSA) is 37.4 Å². The summed E-state index contributed by atoms with van der Waals surface area (Å²) in [7, 11) is 0. The third-order valence-corrected chi connectivity index (χ3v) is 5.15. The molecule has 1 saturated carbocycles. The number of hydrogen-bond acceptors (Lipinski definition) is 2. The number of rotatable bonds is 2. The highest BCUT2D eigenvalue weighted by molar-refractivity contribution is 9.10. The molecule has 21 heavy (non-hydrogen) atoms. The van der Waals surface area contributed by atoms with Crippen LogP contribution in [0.1, 0.15) is 44.1 Å².